The SMILES string of the molecule is CC(N[S@@+]([O-])C(C)(C)C)c1cc(C2CC2)ccc1F. The lowest BCUT2D eigenvalue weighted by molar-refractivity contribution is 0.522. The van der Waals surface area contributed by atoms with Crippen molar-refractivity contribution in [2.24, 2.45) is 0 Å². The molecule has 1 unspecified atom stereocenters. The molecule has 0 radical (unpaired) electrons. The van der Waals surface area contributed by atoms with Gasteiger partial charge in [-0.15, -0.1) is 4.72 Å². The molecule has 2 nitrogen and oxygen atoms in total. The van der Waals surface area contributed by atoms with Crippen molar-refractivity contribution in [1.29, 1.82) is 0 Å². The van der Waals surface area contributed by atoms with Gasteiger partial charge in [0.2, 0.25) is 0 Å². The summed E-state index contributed by atoms with van der Waals surface area (Å²) in [6.07, 6.45) is 2.39. The summed E-state index contributed by atoms with van der Waals surface area (Å²) in [5.41, 5.74) is 1.81. The molecule has 106 valence electrons. The van der Waals surface area contributed by atoms with Gasteiger partial charge in [0.25, 0.3) is 0 Å². The lowest BCUT2D eigenvalue weighted by Crippen LogP contribution is -2.40. The van der Waals surface area contributed by atoms with Crippen molar-refractivity contribution < 1.29 is 8.94 Å². The third kappa shape index (κ3) is 3.71. The predicted octanol–water partition coefficient (Wildman–Crippen LogP) is 3.82. The summed E-state index contributed by atoms with van der Waals surface area (Å²) in [5, 5.41) is 0. The van der Waals surface area contributed by atoms with Crippen LogP contribution in [0.3, 0.4) is 0 Å². The monoisotopic (exact) mass is 283 g/mol. The fraction of sp³-hybridized carbons (Fsp3) is 0.600. The van der Waals surface area contributed by atoms with E-state index >= 15 is 0 Å². The maximum atomic E-state index is 13.9. The van der Waals surface area contributed by atoms with Crippen molar-refractivity contribution in [2.45, 2.75) is 57.2 Å². The van der Waals surface area contributed by atoms with Crippen LogP contribution in [-0.2, 0) is 11.4 Å². The summed E-state index contributed by atoms with van der Waals surface area (Å²) in [6.45, 7) is 7.57. The summed E-state index contributed by atoms with van der Waals surface area (Å²) in [7, 11) is 0. The van der Waals surface area contributed by atoms with Gasteiger partial charge in [0.15, 0.2) is 0 Å². The molecule has 0 spiro atoms. The fourth-order valence-corrected chi connectivity index (χ4v) is 2.77. The second-order valence-corrected chi connectivity index (χ2v) is 8.27. The van der Waals surface area contributed by atoms with E-state index in [0.29, 0.717) is 11.5 Å². The van der Waals surface area contributed by atoms with E-state index in [1.54, 1.807) is 0 Å². The first-order valence-corrected chi connectivity index (χ1v) is 7.91. The lowest BCUT2D eigenvalue weighted by atomic mass is 10.0. The van der Waals surface area contributed by atoms with E-state index in [4.69, 9.17) is 0 Å². The van der Waals surface area contributed by atoms with E-state index in [0.717, 1.165) is 0 Å². The zero-order valence-corrected chi connectivity index (χ0v) is 12.8. The zero-order chi connectivity index (χ0) is 14.2. The maximum absolute atomic E-state index is 13.9. The molecule has 2 atom stereocenters. The molecule has 19 heavy (non-hydrogen) atoms. The molecule has 0 heterocycles. The van der Waals surface area contributed by atoms with Crippen LogP contribution >= 0.6 is 0 Å². The molecule has 0 saturated heterocycles. The molecule has 4 heteroatoms. The maximum Gasteiger partial charge on any atom is 0.136 e. The van der Waals surface area contributed by atoms with Crippen molar-refractivity contribution in [3.63, 3.8) is 0 Å². The highest BCUT2D eigenvalue weighted by molar-refractivity contribution is 7.90. The van der Waals surface area contributed by atoms with E-state index in [-0.39, 0.29) is 16.6 Å². The number of halogens is 1. The second kappa shape index (κ2) is 5.43. The van der Waals surface area contributed by atoms with Crippen LogP contribution in [0.2, 0.25) is 0 Å². The molecule has 1 aromatic carbocycles. The van der Waals surface area contributed by atoms with E-state index in [1.807, 2.05) is 39.8 Å². The standard InChI is InChI=1S/C15H22FNOS/c1-10(17-19(18)15(2,3)4)13-9-12(11-5-6-11)7-8-14(13)16/h7-11,17H,5-6H2,1-4H3/t10?,19-/m0/s1. The molecule has 1 aliphatic carbocycles. The zero-order valence-electron chi connectivity index (χ0n) is 12.0. The molecule has 2 rings (SSSR count). The largest absolute Gasteiger partial charge is 0.598 e. The van der Waals surface area contributed by atoms with E-state index < -0.39 is 11.4 Å². The van der Waals surface area contributed by atoms with Crippen molar-refractivity contribution in [2.75, 3.05) is 0 Å². The molecule has 0 aliphatic heterocycles. The van der Waals surface area contributed by atoms with E-state index in [9.17, 15) is 8.94 Å². The van der Waals surface area contributed by atoms with Gasteiger partial charge in [0.1, 0.15) is 10.6 Å². The molecule has 1 aromatic rings. The summed E-state index contributed by atoms with van der Waals surface area (Å²) in [4.78, 5) is 0. The van der Waals surface area contributed by atoms with Gasteiger partial charge in [-0.25, -0.2) is 4.39 Å². The van der Waals surface area contributed by atoms with Crippen molar-refractivity contribution in [3.05, 3.63) is 35.1 Å². The molecule has 1 saturated carbocycles. The number of rotatable bonds is 4. The Bertz CT molecular complexity index is 454. The van der Waals surface area contributed by atoms with Crippen LogP contribution in [0.4, 0.5) is 4.39 Å². The minimum atomic E-state index is -1.19. The average molecular weight is 283 g/mol. The highest BCUT2D eigenvalue weighted by Crippen LogP contribution is 2.41. The third-order valence-corrected chi connectivity index (χ3v) is 5.06. The molecule has 1 fully saturated rings. The van der Waals surface area contributed by atoms with Gasteiger partial charge in [-0.05, 0) is 58.1 Å². The van der Waals surface area contributed by atoms with Crippen LogP contribution in [-0.4, -0.2) is 9.30 Å². The fourth-order valence-electron chi connectivity index (χ4n) is 1.97. The molecular formula is C15H22FNOS. The van der Waals surface area contributed by atoms with Crippen molar-refractivity contribution in [1.82, 2.24) is 4.72 Å². The first-order valence-electron chi connectivity index (χ1n) is 6.76. The minimum absolute atomic E-state index is 0.227. The molecule has 1 N–H and O–H groups in total. The Morgan fingerprint density at radius 1 is 1.37 bits per heavy atom. The van der Waals surface area contributed by atoms with Gasteiger partial charge in [-0.2, -0.15) is 0 Å². The predicted molar refractivity (Wildman–Crippen MR) is 77.8 cm³/mol. The molecule has 0 bridgehead atoms. The van der Waals surface area contributed by atoms with E-state index in [1.165, 1.54) is 24.5 Å². The normalized spacial score (nSPS) is 19.3. The molecule has 1 aliphatic rings. The van der Waals surface area contributed by atoms with Crippen LogP contribution < -0.4 is 4.72 Å². The summed E-state index contributed by atoms with van der Waals surface area (Å²) in [6, 6.07) is 5.06. The van der Waals surface area contributed by atoms with E-state index in [2.05, 4.69) is 4.72 Å². The molecule has 0 amide bonds. The first-order chi connectivity index (χ1) is 8.79. The van der Waals surface area contributed by atoms with Crippen LogP contribution in [0.1, 0.15) is 63.6 Å². The summed E-state index contributed by atoms with van der Waals surface area (Å²) >= 11 is -1.19. The van der Waals surface area contributed by atoms with Gasteiger partial charge >= 0.3 is 0 Å². The first kappa shape index (κ1) is 14.8. The Labute approximate surface area is 118 Å². The van der Waals surface area contributed by atoms with Gasteiger partial charge in [0.05, 0.1) is 6.04 Å². The Morgan fingerprint density at radius 2 is 2.00 bits per heavy atom. The third-order valence-electron chi connectivity index (χ3n) is 3.38. The average Bonchev–Trinajstić information content (AvgIpc) is 3.12. The quantitative estimate of drug-likeness (QED) is 0.853. The summed E-state index contributed by atoms with van der Waals surface area (Å²) < 4.78 is 28.6. The van der Waals surface area contributed by atoms with Gasteiger partial charge in [-0.3, -0.25) is 0 Å². The number of hydrogen-bond donors (Lipinski definition) is 1. The van der Waals surface area contributed by atoms with Crippen molar-refractivity contribution in [3.8, 4) is 0 Å². The highest BCUT2D eigenvalue weighted by atomic mass is 32.2. The van der Waals surface area contributed by atoms with Crippen LogP contribution in [0, 0.1) is 5.82 Å². The molecule has 0 aromatic heterocycles. The number of nitrogens with one attached hydrogen (secondary N) is 1. The van der Waals surface area contributed by atoms with Crippen LogP contribution in [0.5, 0.6) is 0 Å². The molecular weight excluding hydrogens is 261 g/mol. The van der Waals surface area contributed by atoms with Crippen LogP contribution in [0.15, 0.2) is 18.2 Å². The lowest BCUT2D eigenvalue weighted by Gasteiger charge is -2.26. The topological polar surface area (TPSA) is 35.1 Å². The summed E-state index contributed by atoms with van der Waals surface area (Å²) in [5.74, 6) is 0.370. The Balaban J connectivity index is 2.13. The Kier molecular flexibility index (Phi) is 4.23. The minimum Gasteiger partial charge on any atom is -0.598 e. The van der Waals surface area contributed by atoms with Crippen molar-refractivity contribution >= 4 is 11.4 Å². The number of hydrogen-bond acceptors (Lipinski definition) is 2. The van der Waals surface area contributed by atoms with Gasteiger partial charge < -0.3 is 4.55 Å². The Hall–Kier alpha value is -0.580. The Morgan fingerprint density at radius 3 is 2.53 bits per heavy atom. The smallest absolute Gasteiger partial charge is 0.136 e. The van der Waals surface area contributed by atoms with Gasteiger partial charge in [0, 0.05) is 16.9 Å². The highest BCUT2D eigenvalue weighted by Gasteiger charge is 2.30. The number of benzene rings is 1. The van der Waals surface area contributed by atoms with Crippen LogP contribution in [0.25, 0.3) is 0 Å². The second-order valence-electron chi connectivity index (χ2n) is 6.28. The van der Waals surface area contributed by atoms with Gasteiger partial charge in [-0.1, -0.05) is 12.1 Å².